The molecule has 0 bridgehead atoms. The van der Waals surface area contributed by atoms with Crippen LogP contribution in [0.2, 0.25) is 10.0 Å². The number of hydrogen-bond donors (Lipinski definition) is 0. The normalized spacial score (nSPS) is 15.5. The van der Waals surface area contributed by atoms with Gasteiger partial charge in [0, 0.05) is 13.5 Å². The Labute approximate surface area is 199 Å². The van der Waals surface area contributed by atoms with Crippen molar-refractivity contribution in [1.82, 2.24) is 14.7 Å². The van der Waals surface area contributed by atoms with Gasteiger partial charge in [0.15, 0.2) is 12.5 Å². The second-order valence-corrected chi connectivity index (χ2v) is 8.21. The number of aryl methyl sites for hydroxylation is 1. The fourth-order valence-electron chi connectivity index (χ4n) is 3.66. The number of rotatable bonds is 5. The third kappa shape index (κ3) is 4.31. The lowest BCUT2D eigenvalue weighted by molar-refractivity contribution is -0.139. The number of carbonyl (C=O) groups excluding carboxylic acids is 2. The number of aromatic nitrogens is 2. The van der Waals surface area contributed by atoms with Crippen molar-refractivity contribution in [1.29, 1.82) is 0 Å². The molecule has 1 fully saturated rings. The number of ether oxygens (including phenoxy) is 2. The second-order valence-electron chi connectivity index (χ2n) is 7.40. The molecule has 10 heteroatoms. The SMILES string of the molecule is COc1cnn(C)c(=O)c1-c1ccc(C[C@H]2C(=O)OCN2C(=O)c2c(Cl)cccc2Cl)cc1. The smallest absolute Gasteiger partial charge is 0.331 e. The molecule has 0 spiro atoms. The number of nitrogens with zero attached hydrogens (tertiary/aromatic N) is 3. The van der Waals surface area contributed by atoms with Gasteiger partial charge in [0.05, 0.1) is 34.5 Å². The van der Waals surface area contributed by atoms with Crippen LogP contribution in [-0.2, 0) is 23.0 Å². The lowest BCUT2D eigenvalue weighted by Crippen LogP contribution is -2.39. The minimum atomic E-state index is -0.834. The molecule has 1 aliphatic rings. The van der Waals surface area contributed by atoms with E-state index < -0.39 is 17.9 Å². The topological polar surface area (TPSA) is 90.7 Å². The standard InChI is InChI=1S/C23H19Cl2N3O5/c1-27-21(29)19(18(32-2)11-26-27)14-8-6-13(7-9-14)10-17-23(31)33-12-28(17)22(30)20-15(24)4-3-5-16(20)25/h3-9,11,17H,10,12H2,1-2H3/t17-/m0/s1. The number of cyclic esters (lactones) is 1. The van der Waals surface area contributed by atoms with E-state index in [2.05, 4.69) is 5.10 Å². The Morgan fingerprint density at radius 1 is 1.15 bits per heavy atom. The van der Waals surface area contributed by atoms with Crippen LogP contribution in [0.1, 0.15) is 15.9 Å². The highest BCUT2D eigenvalue weighted by Gasteiger charge is 2.39. The monoisotopic (exact) mass is 487 g/mol. The van der Waals surface area contributed by atoms with Crippen LogP contribution >= 0.6 is 23.2 Å². The molecule has 1 amide bonds. The number of methoxy groups -OCH3 is 1. The molecule has 0 unspecified atom stereocenters. The molecule has 8 nitrogen and oxygen atoms in total. The molecule has 3 aromatic rings. The van der Waals surface area contributed by atoms with Gasteiger partial charge in [-0.15, -0.1) is 0 Å². The Kier molecular flexibility index (Phi) is 6.40. The summed E-state index contributed by atoms with van der Waals surface area (Å²) >= 11 is 12.3. The molecular weight excluding hydrogens is 469 g/mol. The van der Waals surface area contributed by atoms with Gasteiger partial charge in [-0.25, -0.2) is 9.48 Å². The van der Waals surface area contributed by atoms with Gasteiger partial charge in [0.1, 0.15) is 6.04 Å². The van der Waals surface area contributed by atoms with Gasteiger partial charge < -0.3 is 9.47 Å². The maximum Gasteiger partial charge on any atom is 0.331 e. The third-order valence-electron chi connectivity index (χ3n) is 5.43. The van der Waals surface area contributed by atoms with Gasteiger partial charge in [-0.05, 0) is 23.3 Å². The number of carbonyl (C=O) groups is 2. The summed E-state index contributed by atoms with van der Waals surface area (Å²) in [6.07, 6.45) is 1.70. The molecule has 0 N–H and O–H groups in total. The Morgan fingerprint density at radius 2 is 1.82 bits per heavy atom. The first-order valence-electron chi connectivity index (χ1n) is 9.93. The number of halogens is 2. The summed E-state index contributed by atoms with van der Waals surface area (Å²) in [5.41, 5.74) is 1.63. The summed E-state index contributed by atoms with van der Waals surface area (Å²) in [4.78, 5) is 39.3. The fraction of sp³-hybridized carbons (Fsp3) is 0.217. The lowest BCUT2D eigenvalue weighted by atomic mass is 10.0. The van der Waals surface area contributed by atoms with Crippen LogP contribution in [0.5, 0.6) is 5.75 Å². The Hall–Kier alpha value is -3.36. The van der Waals surface area contributed by atoms with Crippen LogP contribution in [0, 0.1) is 0 Å². The molecule has 170 valence electrons. The van der Waals surface area contributed by atoms with Crippen molar-refractivity contribution in [2.24, 2.45) is 7.05 Å². The quantitative estimate of drug-likeness (QED) is 0.512. The second kappa shape index (κ2) is 9.25. The van der Waals surface area contributed by atoms with Gasteiger partial charge >= 0.3 is 5.97 Å². The summed E-state index contributed by atoms with van der Waals surface area (Å²) in [5.74, 6) is -0.637. The third-order valence-corrected chi connectivity index (χ3v) is 6.06. The van der Waals surface area contributed by atoms with E-state index in [1.54, 1.807) is 49.5 Å². The molecule has 0 aliphatic carbocycles. The number of amides is 1. The van der Waals surface area contributed by atoms with E-state index in [1.165, 1.54) is 22.9 Å². The van der Waals surface area contributed by atoms with Crippen LogP contribution in [0.4, 0.5) is 0 Å². The zero-order valence-electron chi connectivity index (χ0n) is 17.7. The zero-order chi connectivity index (χ0) is 23.7. The number of hydrogen-bond acceptors (Lipinski definition) is 6. The van der Waals surface area contributed by atoms with Crippen molar-refractivity contribution in [2.75, 3.05) is 13.8 Å². The summed E-state index contributed by atoms with van der Waals surface area (Å²) in [5, 5.41) is 4.36. The summed E-state index contributed by atoms with van der Waals surface area (Å²) in [6, 6.07) is 11.0. The van der Waals surface area contributed by atoms with Crippen molar-refractivity contribution in [3.05, 3.63) is 80.2 Å². The van der Waals surface area contributed by atoms with Crippen molar-refractivity contribution >= 4 is 35.1 Å². The average molecular weight is 488 g/mol. The van der Waals surface area contributed by atoms with E-state index in [9.17, 15) is 14.4 Å². The van der Waals surface area contributed by atoms with Crippen molar-refractivity contribution in [2.45, 2.75) is 12.5 Å². The first-order chi connectivity index (χ1) is 15.8. The first kappa shape index (κ1) is 22.8. The summed E-state index contributed by atoms with van der Waals surface area (Å²) in [6.45, 7) is -0.188. The van der Waals surface area contributed by atoms with Crippen LogP contribution in [0.3, 0.4) is 0 Å². The molecular formula is C23H19Cl2N3O5. The van der Waals surface area contributed by atoms with Crippen LogP contribution in [0.15, 0.2) is 53.5 Å². The number of esters is 1. The molecule has 1 aromatic heterocycles. The molecule has 2 heterocycles. The average Bonchev–Trinajstić information content (AvgIpc) is 3.16. The van der Waals surface area contributed by atoms with Crippen molar-refractivity contribution in [3.8, 4) is 16.9 Å². The maximum atomic E-state index is 13.1. The van der Waals surface area contributed by atoms with E-state index in [4.69, 9.17) is 32.7 Å². The highest BCUT2D eigenvalue weighted by atomic mass is 35.5. The van der Waals surface area contributed by atoms with E-state index >= 15 is 0 Å². The minimum Gasteiger partial charge on any atom is -0.494 e. The van der Waals surface area contributed by atoms with Gasteiger partial charge in [0.25, 0.3) is 11.5 Å². The molecule has 4 rings (SSSR count). The van der Waals surface area contributed by atoms with E-state index in [-0.39, 0.29) is 34.3 Å². The summed E-state index contributed by atoms with van der Waals surface area (Å²) < 4.78 is 11.6. The van der Waals surface area contributed by atoms with E-state index in [0.717, 1.165) is 5.56 Å². The Morgan fingerprint density at radius 3 is 2.45 bits per heavy atom. The van der Waals surface area contributed by atoms with Gasteiger partial charge in [-0.3, -0.25) is 14.5 Å². The van der Waals surface area contributed by atoms with Gasteiger partial charge in [-0.2, -0.15) is 5.10 Å². The minimum absolute atomic E-state index is 0.125. The van der Waals surface area contributed by atoms with Crippen molar-refractivity contribution in [3.63, 3.8) is 0 Å². The van der Waals surface area contributed by atoms with E-state index in [0.29, 0.717) is 16.9 Å². The van der Waals surface area contributed by atoms with Crippen molar-refractivity contribution < 1.29 is 19.1 Å². The highest BCUT2D eigenvalue weighted by Crippen LogP contribution is 2.29. The zero-order valence-corrected chi connectivity index (χ0v) is 19.3. The van der Waals surface area contributed by atoms with Crippen LogP contribution in [-0.4, -0.2) is 46.4 Å². The Bertz CT molecular complexity index is 1270. The first-order valence-corrected chi connectivity index (χ1v) is 10.7. The predicted molar refractivity (Wildman–Crippen MR) is 123 cm³/mol. The van der Waals surface area contributed by atoms with Gasteiger partial charge in [-0.1, -0.05) is 53.5 Å². The molecule has 1 saturated heterocycles. The number of benzene rings is 2. The summed E-state index contributed by atoms with van der Waals surface area (Å²) in [7, 11) is 3.03. The lowest BCUT2D eigenvalue weighted by Gasteiger charge is -2.21. The molecule has 33 heavy (non-hydrogen) atoms. The van der Waals surface area contributed by atoms with Gasteiger partial charge in [0.2, 0.25) is 0 Å². The maximum absolute atomic E-state index is 13.1. The predicted octanol–water partition coefficient (Wildman–Crippen LogP) is 3.33. The Balaban J connectivity index is 1.60. The van der Waals surface area contributed by atoms with Crippen LogP contribution < -0.4 is 10.3 Å². The molecule has 0 radical (unpaired) electrons. The molecule has 0 saturated carbocycles. The largest absolute Gasteiger partial charge is 0.494 e. The highest BCUT2D eigenvalue weighted by molar-refractivity contribution is 6.39. The fourth-order valence-corrected chi connectivity index (χ4v) is 4.22. The molecule has 1 aliphatic heterocycles. The van der Waals surface area contributed by atoms with E-state index in [1.807, 2.05) is 0 Å². The molecule has 2 aromatic carbocycles. The van der Waals surface area contributed by atoms with Crippen LogP contribution in [0.25, 0.3) is 11.1 Å². The molecule has 1 atom stereocenters.